The summed E-state index contributed by atoms with van der Waals surface area (Å²) in [7, 11) is 0. The highest BCUT2D eigenvalue weighted by molar-refractivity contribution is 5.99. The smallest absolute Gasteiger partial charge is 0.257 e. The number of carbonyl (C=O) groups is 2. The van der Waals surface area contributed by atoms with Crippen LogP contribution in [0.2, 0.25) is 0 Å². The molecular weight excluding hydrogens is 320 g/mol. The van der Waals surface area contributed by atoms with Crippen LogP contribution < -0.4 is 10.6 Å². The summed E-state index contributed by atoms with van der Waals surface area (Å²) in [4.78, 5) is 28.7. The van der Waals surface area contributed by atoms with Crippen molar-refractivity contribution in [2.45, 2.75) is 52.5 Å². The van der Waals surface area contributed by atoms with Gasteiger partial charge in [-0.25, -0.2) is 4.98 Å². The summed E-state index contributed by atoms with van der Waals surface area (Å²) in [6.45, 7) is 7.00. The van der Waals surface area contributed by atoms with Crippen molar-refractivity contribution < 1.29 is 14.1 Å². The quantitative estimate of drug-likeness (QED) is 0.890. The van der Waals surface area contributed by atoms with Crippen molar-refractivity contribution >= 4 is 22.9 Å². The van der Waals surface area contributed by atoms with Crippen molar-refractivity contribution in [3.63, 3.8) is 0 Å². The maximum atomic E-state index is 12.6. The molecule has 1 fully saturated rings. The molecule has 7 nitrogen and oxygen atoms in total. The van der Waals surface area contributed by atoms with E-state index in [9.17, 15) is 9.59 Å². The number of pyridine rings is 1. The van der Waals surface area contributed by atoms with Crippen molar-refractivity contribution in [3.05, 3.63) is 23.5 Å². The monoisotopic (exact) mass is 344 g/mol. The van der Waals surface area contributed by atoms with E-state index in [0.717, 1.165) is 30.3 Å². The molecule has 25 heavy (non-hydrogen) atoms. The lowest BCUT2D eigenvalue weighted by molar-refractivity contribution is -0.122. The number of carbonyl (C=O) groups excluding carboxylic acids is 2. The van der Waals surface area contributed by atoms with Crippen LogP contribution in [0.25, 0.3) is 11.1 Å². The van der Waals surface area contributed by atoms with Gasteiger partial charge in [-0.1, -0.05) is 25.9 Å². The maximum Gasteiger partial charge on any atom is 0.257 e. The van der Waals surface area contributed by atoms with E-state index in [0.29, 0.717) is 24.2 Å². The second-order valence-electron chi connectivity index (χ2n) is 7.76. The molecule has 2 aromatic heterocycles. The molecule has 0 bridgehead atoms. The average Bonchev–Trinajstić information content (AvgIpc) is 2.81. The Bertz CT molecular complexity index is 791. The summed E-state index contributed by atoms with van der Waals surface area (Å²) < 4.78 is 5.26. The van der Waals surface area contributed by atoms with Crippen LogP contribution in [-0.4, -0.2) is 34.5 Å². The topological polar surface area (TPSA) is 97.1 Å². The number of rotatable bonds is 3. The number of hydrogen-bond acceptors (Lipinski definition) is 5. The first-order chi connectivity index (χ1) is 11.8. The van der Waals surface area contributed by atoms with Gasteiger partial charge in [0.25, 0.3) is 11.6 Å². The van der Waals surface area contributed by atoms with Crippen LogP contribution in [0.4, 0.5) is 0 Å². The van der Waals surface area contributed by atoms with Gasteiger partial charge in [0, 0.05) is 12.7 Å². The molecule has 2 amide bonds. The normalized spacial score (nSPS) is 18.7. The lowest BCUT2D eigenvalue weighted by Crippen LogP contribution is -2.45. The zero-order chi connectivity index (χ0) is 18.0. The minimum atomic E-state index is -0.498. The average molecular weight is 344 g/mol. The van der Waals surface area contributed by atoms with Gasteiger partial charge in [-0.05, 0) is 37.2 Å². The molecule has 0 saturated carbocycles. The molecular formula is C18H24N4O3. The van der Waals surface area contributed by atoms with Gasteiger partial charge in [0.2, 0.25) is 5.91 Å². The number of nitrogens with zero attached hydrogens (tertiary/aromatic N) is 2. The Labute approximate surface area is 146 Å². The van der Waals surface area contributed by atoms with Gasteiger partial charge in [0.05, 0.1) is 16.6 Å². The van der Waals surface area contributed by atoms with Crippen LogP contribution >= 0.6 is 0 Å². The summed E-state index contributed by atoms with van der Waals surface area (Å²) in [6.07, 6.45) is 4.66. The molecule has 3 rings (SSSR count). The van der Waals surface area contributed by atoms with Crippen molar-refractivity contribution in [2.75, 3.05) is 6.54 Å². The molecule has 0 aliphatic carbocycles. The van der Waals surface area contributed by atoms with E-state index >= 15 is 0 Å². The Hall–Kier alpha value is -2.44. The molecule has 3 heterocycles. The molecule has 0 spiro atoms. The van der Waals surface area contributed by atoms with Crippen LogP contribution in [0.3, 0.4) is 0 Å². The first-order valence-electron chi connectivity index (χ1n) is 8.66. The second kappa shape index (κ2) is 6.82. The van der Waals surface area contributed by atoms with Gasteiger partial charge >= 0.3 is 0 Å². The number of nitrogens with one attached hydrogen (secondary N) is 2. The summed E-state index contributed by atoms with van der Waals surface area (Å²) in [6, 6.07) is 1.24. The molecule has 134 valence electrons. The lowest BCUT2D eigenvalue weighted by Gasteiger charge is -2.16. The molecule has 1 atom stereocenters. The SMILES string of the molecule is CC(C)(C)Cc1noc2ncc(C(=O)N[C@H]3CCCCNC3=O)cc12. The zero-order valence-electron chi connectivity index (χ0n) is 14.9. The Morgan fingerprint density at radius 2 is 2.20 bits per heavy atom. The fourth-order valence-electron chi connectivity index (χ4n) is 2.95. The second-order valence-corrected chi connectivity index (χ2v) is 7.76. The van der Waals surface area contributed by atoms with Gasteiger partial charge in [0.15, 0.2) is 0 Å². The third kappa shape index (κ3) is 4.15. The number of aromatic nitrogens is 2. The standard InChI is InChI=1S/C18H24N4O3/c1-18(2,3)9-14-12-8-11(10-20-17(12)25-22-14)15(23)21-13-6-4-5-7-19-16(13)24/h8,10,13H,4-7,9H2,1-3H3,(H,19,24)(H,21,23)/t13-/m0/s1. The summed E-state index contributed by atoms with van der Waals surface area (Å²) >= 11 is 0. The molecule has 1 aliphatic rings. The first-order valence-corrected chi connectivity index (χ1v) is 8.66. The van der Waals surface area contributed by atoms with Gasteiger partial charge in [-0.15, -0.1) is 0 Å². The van der Waals surface area contributed by atoms with Crippen molar-refractivity contribution in [1.29, 1.82) is 0 Å². The zero-order valence-corrected chi connectivity index (χ0v) is 14.9. The molecule has 2 N–H and O–H groups in total. The van der Waals surface area contributed by atoms with Crippen LogP contribution in [0, 0.1) is 5.41 Å². The summed E-state index contributed by atoms with van der Waals surface area (Å²) in [5, 5.41) is 10.5. The van der Waals surface area contributed by atoms with Crippen molar-refractivity contribution in [1.82, 2.24) is 20.8 Å². The predicted molar refractivity (Wildman–Crippen MR) is 93.1 cm³/mol. The van der Waals surface area contributed by atoms with Crippen LogP contribution in [0.15, 0.2) is 16.8 Å². The number of fused-ring (bicyclic) bond motifs is 1. The third-order valence-electron chi connectivity index (χ3n) is 4.20. The van der Waals surface area contributed by atoms with Gasteiger partial charge in [0.1, 0.15) is 6.04 Å². The highest BCUT2D eigenvalue weighted by atomic mass is 16.5. The van der Waals surface area contributed by atoms with Gasteiger partial charge < -0.3 is 15.2 Å². The minimum Gasteiger partial charge on any atom is -0.354 e. The van der Waals surface area contributed by atoms with Gasteiger partial charge in [-0.3, -0.25) is 9.59 Å². The Morgan fingerprint density at radius 3 is 2.96 bits per heavy atom. The Morgan fingerprint density at radius 1 is 1.40 bits per heavy atom. The summed E-state index contributed by atoms with van der Waals surface area (Å²) in [5.41, 5.74) is 1.66. The maximum absolute atomic E-state index is 12.6. The van der Waals surface area contributed by atoms with Crippen molar-refractivity contribution in [3.8, 4) is 0 Å². The molecule has 0 unspecified atom stereocenters. The highest BCUT2D eigenvalue weighted by Gasteiger charge is 2.24. The van der Waals surface area contributed by atoms with E-state index in [2.05, 4.69) is 41.5 Å². The number of hydrogen-bond donors (Lipinski definition) is 2. The predicted octanol–water partition coefficient (Wildman–Crippen LogP) is 2.21. The van der Waals surface area contributed by atoms with E-state index in [4.69, 9.17) is 4.52 Å². The molecule has 2 aromatic rings. The highest BCUT2D eigenvalue weighted by Crippen LogP contribution is 2.25. The van der Waals surface area contributed by atoms with E-state index in [-0.39, 0.29) is 17.2 Å². The molecule has 0 radical (unpaired) electrons. The number of amides is 2. The molecule has 7 heteroatoms. The van der Waals surface area contributed by atoms with E-state index < -0.39 is 6.04 Å². The Kier molecular flexibility index (Phi) is 4.74. The largest absolute Gasteiger partial charge is 0.354 e. The summed E-state index contributed by atoms with van der Waals surface area (Å²) in [5.74, 6) is -0.433. The van der Waals surface area contributed by atoms with E-state index in [1.807, 2.05) is 0 Å². The van der Waals surface area contributed by atoms with Crippen LogP contribution in [0.1, 0.15) is 56.1 Å². The van der Waals surface area contributed by atoms with Gasteiger partial charge in [-0.2, -0.15) is 0 Å². The lowest BCUT2D eigenvalue weighted by atomic mass is 9.90. The molecule has 1 aliphatic heterocycles. The fourth-order valence-corrected chi connectivity index (χ4v) is 2.95. The minimum absolute atomic E-state index is 0.0422. The van der Waals surface area contributed by atoms with Crippen LogP contribution in [-0.2, 0) is 11.2 Å². The third-order valence-corrected chi connectivity index (χ3v) is 4.20. The molecule has 0 aromatic carbocycles. The Balaban J connectivity index is 1.81. The fraction of sp³-hybridized carbons (Fsp3) is 0.556. The van der Waals surface area contributed by atoms with E-state index in [1.165, 1.54) is 6.20 Å². The van der Waals surface area contributed by atoms with E-state index in [1.54, 1.807) is 6.07 Å². The van der Waals surface area contributed by atoms with Crippen LogP contribution in [0.5, 0.6) is 0 Å². The van der Waals surface area contributed by atoms with Crippen molar-refractivity contribution in [2.24, 2.45) is 5.41 Å². The molecule has 1 saturated heterocycles. The first kappa shape index (κ1) is 17.4.